The van der Waals surface area contributed by atoms with Gasteiger partial charge in [-0.1, -0.05) is 6.92 Å². The molecule has 0 amide bonds. The van der Waals surface area contributed by atoms with E-state index in [1.807, 2.05) is 0 Å². The molecule has 0 aliphatic carbocycles. The van der Waals surface area contributed by atoms with Gasteiger partial charge >= 0.3 is 5.97 Å². The number of quaternary nitrogens is 1. The Morgan fingerprint density at radius 3 is 2.36 bits per heavy atom. The number of likely N-dealkylation sites (N-methyl/N-ethyl adjacent to an activating group) is 1. The molecule has 0 rings (SSSR count). The van der Waals surface area contributed by atoms with Gasteiger partial charge in [-0.15, -0.1) is 11.6 Å². The molecule has 0 bridgehead atoms. The van der Waals surface area contributed by atoms with Crippen molar-refractivity contribution in [3.63, 3.8) is 0 Å². The average molecular weight is 336 g/mol. The van der Waals surface area contributed by atoms with E-state index in [0.29, 0.717) is 18.9 Å². The van der Waals surface area contributed by atoms with Gasteiger partial charge in [0.2, 0.25) is 0 Å². The molecule has 0 aromatic heterocycles. The number of alkyl halides is 1. The summed E-state index contributed by atoms with van der Waals surface area (Å²) in [6.45, 7) is 3.99. The van der Waals surface area contributed by atoms with Gasteiger partial charge in [0.25, 0.3) is 0 Å². The molecule has 86 valence electrons. The number of nitrogens with zero attached hydrogens (tertiary/aromatic N) is 1. The molecular formula is C9H19ClINO2. The lowest BCUT2D eigenvalue weighted by molar-refractivity contribution is -0.888. The Balaban J connectivity index is 0. The third-order valence-electron chi connectivity index (χ3n) is 1.94. The number of hydrogen-bond donors (Lipinski definition) is 0. The smallest absolute Gasteiger partial charge is 0.305 e. The van der Waals surface area contributed by atoms with E-state index in [1.165, 1.54) is 0 Å². The van der Waals surface area contributed by atoms with Crippen LogP contribution in [0.25, 0.3) is 0 Å². The minimum Gasteiger partial charge on any atom is -1.00 e. The monoisotopic (exact) mass is 335 g/mol. The van der Waals surface area contributed by atoms with Crippen LogP contribution in [-0.2, 0) is 9.53 Å². The summed E-state index contributed by atoms with van der Waals surface area (Å²) < 4.78 is 5.77. The molecule has 0 fully saturated rings. The van der Waals surface area contributed by atoms with E-state index in [4.69, 9.17) is 16.3 Å². The highest BCUT2D eigenvalue weighted by atomic mass is 127. The first-order chi connectivity index (χ1) is 6.02. The highest BCUT2D eigenvalue weighted by Gasteiger charge is 2.14. The Hall–Kier alpha value is 0.450. The summed E-state index contributed by atoms with van der Waals surface area (Å²) in [4.78, 5) is 10.8. The number of ether oxygens (including phenoxy) is 1. The summed E-state index contributed by atoms with van der Waals surface area (Å²) in [6, 6.07) is 0. The molecule has 0 atom stereocenters. The largest absolute Gasteiger partial charge is 1.00 e. The number of esters is 1. The number of rotatable bonds is 6. The van der Waals surface area contributed by atoms with E-state index in [1.54, 1.807) is 6.92 Å². The van der Waals surface area contributed by atoms with Gasteiger partial charge in [-0.05, 0) is 0 Å². The molecule has 3 nitrogen and oxygen atoms in total. The first-order valence-corrected chi connectivity index (χ1v) is 5.09. The van der Waals surface area contributed by atoms with Crippen molar-refractivity contribution >= 4 is 17.6 Å². The second-order valence-corrected chi connectivity index (χ2v) is 4.02. The molecule has 0 unspecified atom stereocenters. The Morgan fingerprint density at radius 1 is 1.36 bits per heavy atom. The van der Waals surface area contributed by atoms with Crippen LogP contribution >= 0.6 is 11.6 Å². The zero-order valence-electron chi connectivity index (χ0n) is 9.06. The Bertz CT molecular complexity index is 165. The van der Waals surface area contributed by atoms with Crippen LogP contribution in [0.4, 0.5) is 0 Å². The molecule has 0 radical (unpaired) electrons. The lowest BCUT2D eigenvalue weighted by Gasteiger charge is -2.28. The molecule has 5 heteroatoms. The number of carbonyl (C=O) groups excluding carboxylic acids is 1. The third kappa shape index (κ3) is 9.02. The van der Waals surface area contributed by atoms with Gasteiger partial charge in [-0.2, -0.15) is 0 Å². The van der Waals surface area contributed by atoms with Gasteiger partial charge in [0.1, 0.15) is 13.2 Å². The van der Waals surface area contributed by atoms with Crippen molar-refractivity contribution in [2.45, 2.75) is 13.3 Å². The van der Waals surface area contributed by atoms with Gasteiger partial charge in [0, 0.05) is 6.42 Å². The molecule has 0 saturated heterocycles. The fourth-order valence-corrected chi connectivity index (χ4v) is 1.31. The van der Waals surface area contributed by atoms with Crippen LogP contribution < -0.4 is 24.0 Å². The van der Waals surface area contributed by atoms with E-state index in [9.17, 15) is 4.79 Å². The van der Waals surface area contributed by atoms with Crippen LogP contribution in [0.3, 0.4) is 0 Å². The quantitative estimate of drug-likeness (QED) is 0.249. The first kappa shape index (κ1) is 16.9. The molecular weight excluding hydrogens is 316 g/mol. The normalized spacial score (nSPS) is 10.6. The Kier molecular flexibility index (Phi) is 10.5. The Morgan fingerprint density at radius 2 is 1.93 bits per heavy atom. The van der Waals surface area contributed by atoms with Crippen LogP contribution in [0, 0.1) is 0 Å². The molecule has 0 spiro atoms. The van der Waals surface area contributed by atoms with Crippen molar-refractivity contribution in [1.82, 2.24) is 0 Å². The molecule has 0 aromatic carbocycles. The van der Waals surface area contributed by atoms with Gasteiger partial charge in [0.05, 0.1) is 26.5 Å². The minimum absolute atomic E-state index is 0. The third-order valence-corrected chi connectivity index (χ3v) is 2.11. The van der Waals surface area contributed by atoms with Gasteiger partial charge in [0.15, 0.2) is 0 Å². The van der Waals surface area contributed by atoms with E-state index >= 15 is 0 Å². The average Bonchev–Trinajstić information content (AvgIpc) is 2.03. The zero-order valence-corrected chi connectivity index (χ0v) is 12.0. The highest BCUT2D eigenvalue weighted by molar-refractivity contribution is 6.17. The van der Waals surface area contributed by atoms with E-state index in [2.05, 4.69) is 14.1 Å². The molecule has 0 aromatic rings. The summed E-state index contributed by atoms with van der Waals surface area (Å²) in [5, 5.41) is 0. The summed E-state index contributed by atoms with van der Waals surface area (Å²) >= 11 is 5.63. The second-order valence-electron chi connectivity index (χ2n) is 3.65. The summed E-state index contributed by atoms with van der Waals surface area (Å²) in [5.74, 6) is 0.500. The minimum atomic E-state index is -0.133. The summed E-state index contributed by atoms with van der Waals surface area (Å²) in [7, 11) is 4.14. The predicted molar refractivity (Wildman–Crippen MR) is 53.8 cm³/mol. The van der Waals surface area contributed by atoms with Crippen molar-refractivity contribution in [2.75, 3.05) is 39.7 Å². The summed E-state index contributed by atoms with van der Waals surface area (Å²) in [5.41, 5.74) is 0. The number of hydrogen-bond acceptors (Lipinski definition) is 2. The lowest BCUT2D eigenvalue weighted by atomic mass is 10.4. The van der Waals surface area contributed by atoms with Crippen LogP contribution in [0.1, 0.15) is 13.3 Å². The SMILES string of the molecule is CCC(=O)OCC[N+](C)(C)CCCl.[I-]. The maximum atomic E-state index is 10.8. The molecule has 0 aliphatic heterocycles. The van der Waals surface area contributed by atoms with Crippen molar-refractivity contribution in [3.8, 4) is 0 Å². The maximum Gasteiger partial charge on any atom is 0.305 e. The highest BCUT2D eigenvalue weighted by Crippen LogP contribution is 1.98. The van der Waals surface area contributed by atoms with Crippen LogP contribution in [0.15, 0.2) is 0 Å². The molecule has 0 N–H and O–H groups in total. The summed E-state index contributed by atoms with van der Waals surface area (Å²) in [6.07, 6.45) is 0.447. The number of carbonyl (C=O) groups is 1. The lowest BCUT2D eigenvalue weighted by Crippen LogP contribution is -3.00. The van der Waals surface area contributed by atoms with Crippen LogP contribution in [0.2, 0.25) is 0 Å². The first-order valence-electron chi connectivity index (χ1n) is 4.55. The van der Waals surface area contributed by atoms with Crippen molar-refractivity contribution < 1.29 is 38.0 Å². The van der Waals surface area contributed by atoms with Crippen molar-refractivity contribution in [1.29, 1.82) is 0 Å². The van der Waals surface area contributed by atoms with Crippen LogP contribution in [-0.4, -0.2) is 50.1 Å². The molecule has 14 heavy (non-hydrogen) atoms. The fraction of sp³-hybridized carbons (Fsp3) is 0.889. The topological polar surface area (TPSA) is 26.3 Å². The van der Waals surface area contributed by atoms with E-state index in [0.717, 1.165) is 17.6 Å². The van der Waals surface area contributed by atoms with Gasteiger partial charge < -0.3 is 33.2 Å². The van der Waals surface area contributed by atoms with Gasteiger partial charge in [-0.25, -0.2) is 0 Å². The second kappa shape index (κ2) is 8.73. The standard InChI is InChI=1S/C9H19ClNO2.HI/c1-4-9(12)13-8-7-11(2,3)6-5-10;/h4-8H2,1-3H3;1H/q+1;/p-1. The van der Waals surface area contributed by atoms with Gasteiger partial charge in [-0.3, -0.25) is 4.79 Å². The fourth-order valence-electron chi connectivity index (χ4n) is 0.849. The van der Waals surface area contributed by atoms with Crippen LogP contribution in [0.5, 0.6) is 0 Å². The van der Waals surface area contributed by atoms with Crippen molar-refractivity contribution in [2.24, 2.45) is 0 Å². The molecule has 0 aliphatic rings. The van der Waals surface area contributed by atoms with E-state index < -0.39 is 0 Å². The maximum absolute atomic E-state index is 10.8. The Labute approximate surface area is 108 Å². The molecule has 0 heterocycles. The molecule has 0 saturated carbocycles. The number of halogens is 2. The van der Waals surface area contributed by atoms with Crippen molar-refractivity contribution in [3.05, 3.63) is 0 Å². The van der Waals surface area contributed by atoms with E-state index in [-0.39, 0.29) is 29.9 Å². The predicted octanol–water partition coefficient (Wildman–Crippen LogP) is -1.74. The zero-order chi connectivity index (χ0) is 10.3.